The van der Waals surface area contributed by atoms with Gasteiger partial charge in [0, 0.05) is 10.2 Å². The fraction of sp³-hybridized carbons (Fsp3) is 0.316. The van der Waals surface area contributed by atoms with E-state index in [0.29, 0.717) is 0 Å². The zero-order valence-electron chi connectivity index (χ0n) is 14.7. The number of hydrogen-bond acceptors (Lipinski definition) is 6. The summed E-state index contributed by atoms with van der Waals surface area (Å²) in [6.07, 6.45) is 0. The molecule has 2 unspecified atom stereocenters. The van der Waals surface area contributed by atoms with Crippen LogP contribution in [0.4, 0.5) is 5.69 Å². The normalized spacial score (nSPS) is 23.2. The van der Waals surface area contributed by atoms with Gasteiger partial charge in [-0.1, -0.05) is 52.0 Å². The van der Waals surface area contributed by atoms with Crippen LogP contribution in [0.25, 0.3) is 0 Å². The summed E-state index contributed by atoms with van der Waals surface area (Å²) in [5, 5.41) is 0.854. The number of fused-ring (bicyclic) bond motifs is 1. The number of nitrogens with zero attached hydrogens (tertiary/aromatic N) is 2. The molecule has 1 saturated heterocycles. The summed E-state index contributed by atoms with van der Waals surface area (Å²) >= 11 is 5.08. The highest BCUT2D eigenvalue weighted by Crippen LogP contribution is 2.39. The molecule has 2 aromatic rings. The maximum Gasteiger partial charge on any atom is 0.164 e. The van der Waals surface area contributed by atoms with Gasteiger partial charge in [-0.3, -0.25) is 4.99 Å². The van der Waals surface area contributed by atoms with Crippen molar-refractivity contribution in [1.29, 1.82) is 0 Å². The summed E-state index contributed by atoms with van der Waals surface area (Å²) in [5.74, 6) is 1.73. The van der Waals surface area contributed by atoms with Crippen molar-refractivity contribution < 1.29 is 13.2 Å². The number of aliphatic imine (C=N–C) groups is 1. The van der Waals surface area contributed by atoms with E-state index < -0.39 is 9.84 Å². The predicted octanol–water partition coefficient (Wildman–Crippen LogP) is 3.73. The average Bonchev–Trinajstić information content (AvgIpc) is 3.12. The first-order valence-electron chi connectivity index (χ1n) is 8.54. The molecule has 0 aromatic heterocycles. The number of anilines is 1. The Morgan fingerprint density at radius 2 is 1.93 bits per heavy atom. The maximum absolute atomic E-state index is 12.2. The van der Waals surface area contributed by atoms with Crippen LogP contribution in [-0.2, 0) is 15.6 Å². The summed E-state index contributed by atoms with van der Waals surface area (Å²) in [4.78, 5) is 6.83. The van der Waals surface area contributed by atoms with E-state index in [4.69, 9.17) is 9.73 Å². The Hall–Kier alpha value is -1.51. The third kappa shape index (κ3) is 3.88. The first-order valence-corrected chi connectivity index (χ1v) is 12.1. The van der Waals surface area contributed by atoms with Crippen molar-refractivity contribution in [3.63, 3.8) is 0 Å². The number of thioether (sulfide) groups is 1. The summed E-state index contributed by atoms with van der Waals surface area (Å²) in [6, 6.07) is 15.5. The van der Waals surface area contributed by atoms with Crippen LogP contribution in [0, 0.1) is 0 Å². The van der Waals surface area contributed by atoms with Crippen LogP contribution in [0.5, 0.6) is 5.75 Å². The molecule has 0 radical (unpaired) electrons. The van der Waals surface area contributed by atoms with Crippen LogP contribution >= 0.6 is 27.7 Å². The quantitative estimate of drug-likeness (QED) is 0.686. The Balaban J connectivity index is 1.64. The zero-order chi connectivity index (χ0) is 19.0. The number of para-hydroxylation sites is 2. The van der Waals surface area contributed by atoms with Crippen molar-refractivity contribution in [2.75, 3.05) is 23.5 Å². The van der Waals surface area contributed by atoms with Gasteiger partial charge in [-0.2, -0.15) is 0 Å². The zero-order valence-corrected chi connectivity index (χ0v) is 17.9. The minimum absolute atomic E-state index is 0.117. The van der Waals surface area contributed by atoms with Gasteiger partial charge in [-0.25, -0.2) is 8.42 Å². The summed E-state index contributed by atoms with van der Waals surface area (Å²) in [5.41, 5.74) is 2.06. The van der Waals surface area contributed by atoms with Crippen molar-refractivity contribution >= 4 is 48.4 Å². The molecule has 8 heteroatoms. The van der Waals surface area contributed by atoms with E-state index in [2.05, 4.69) is 33.0 Å². The van der Waals surface area contributed by atoms with E-state index in [-0.39, 0.29) is 23.6 Å². The lowest BCUT2D eigenvalue weighted by Crippen LogP contribution is -2.39. The number of halogens is 1. The van der Waals surface area contributed by atoms with Gasteiger partial charge in [0.2, 0.25) is 0 Å². The number of rotatable bonds is 4. The van der Waals surface area contributed by atoms with Crippen LogP contribution in [0.2, 0.25) is 0 Å². The van der Waals surface area contributed by atoms with Crippen molar-refractivity contribution in [2.45, 2.75) is 17.8 Å². The van der Waals surface area contributed by atoms with Gasteiger partial charge in [-0.15, -0.1) is 0 Å². The van der Waals surface area contributed by atoms with Gasteiger partial charge in [-0.05, 0) is 29.8 Å². The van der Waals surface area contributed by atoms with E-state index >= 15 is 0 Å². The molecule has 5 nitrogen and oxygen atoms in total. The van der Waals surface area contributed by atoms with Crippen LogP contribution in [0.1, 0.15) is 5.56 Å². The first-order chi connectivity index (χ1) is 13.0. The van der Waals surface area contributed by atoms with Gasteiger partial charge in [0.15, 0.2) is 15.0 Å². The van der Waals surface area contributed by atoms with Gasteiger partial charge < -0.3 is 9.64 Å². The number of ether oxygens (including phenoxy) is 1. The van der Waals surface area contributed by atoms with Crippen molar-refractivity contribution in [3.8, 4) is 5.75 Å². The molecule has 27 heavy (non-hydrogen) atoms. The third-order valence-electron chi connectivity index (χ3n) is 4.73. The summed E-state index contributed by atoms with van der Waals surface area (Å²) < 4.78 is 30.9. The first kappa shape index (κ1) is 18.8. The highest BCUT2D eigenvalue weighted by atomic mass is 79.9. The highest BCUT2D eigenvalue weighted by molar-refractivity contribution is 9.10. The molecule has 2 heterocycles. The molecule has 1 fully saturated rings. The highest BCUT2D eigenvalue weighted by Gasteiger charge is 2.47. The molecule has 0 N–H and O–H groups in total. The molecule has 0 amide bonds. The molecule has 2 aliphatic heterocycles. The van der Waals surface area contributed by atoms with E-state index in [1.807, 2.05) is 36.4 Å². The molecule has 2 aliphatic rings. The molecule has 0 aliphatic carbocycles. The van der Waals surface area contributed by atoms with Gasteiger partial charge >= 0.3 is 0 Å². The fourth-order valence-electron chi connectivity index (χ4n) is 3.47. The lowest BCUT2D eigenvalue weighted by atomic mass is 10.1. The largest absolute Gasteiger partial charge is 0.495 e. The molecular weight excluding hydrogens is 448 g/mol. The molecular formula is C19H19BrN2O3S2. The van der Waals surface area contributed by atoms with Crippen molar-refractivity contribution in [2.24, 2.45) is 4.99 Å². The topological polar surface area (TPSA) is 59.0 Å². The molecule has 2 atom stereocenters. The third-order valence-corrected chi connectivity index (χ3v) is 8.00. The second kappa shape index (κ2) is 7.48. The van der Waals surface area contributed by atoms with E-state index in [9.17, 15) is 8.42 Å². The average molecular weight is 467 g/mol. The molecule has 2 aromatic carbocycles. The second-order valence-corrected chi connectivity index (χ2v) is 10.6. The Morgan fingerprint density at radius 3 is 2.67 bits per heavy atom. The van der Waals surface area contributed by atoms with Crippen LogP contribution < -0.4 is 9.64 Å². The SMILES string of the molecule is COc1ccccc1N1C(SCc2ccc(Br)cc2)=NC2CS(=O)(=O)CC21. The maximum atomic E-state index is 12.2. The fourth-order valence-corrected chi connectivity index (χ4v) is 6.65. The molecule has 0 bridgehead atoms. The van der Waals surface area contributed by atoms with Gasteiger partial charge in [0.05, 0.1) is 36.4 Å². The lowest BCUT2D eigenvalue weighted by Gasteiger charge is -2.27. The van der Waals surface area contributed by atoms with Gasteiger partial charge in [0.25, 0.3) is 0 Å². The number of sulfone groups is 1. The van der Waals surface area contributed by atoms with Crippen LogP contribution in [-0.4, -0.2) is 44.3 Å². The van der Waals surface area contributed by atoms with Gasteiger partial charge in [0.1, 0.15) is 5.75 Å². The monoisotopic (exact) mass is 466 g/mol. The number of methoxy groups -OCH3 is 1. The summed E-state index contributed by atoms with van der Waals surface area (Å²) in [7, 11) is -1.44. The predicted molar refractivity (Wildman–Crippen MR) is 115 cm³/mol. The smallest absolute Gasteiger partial charge is 0.164 e. The second-order valence-electron chi connectivity index (χ2n) is 6.58. The minimum atomic E-state index is -3.07. The van der Waals surface area contributed by atoms with Crippen molar-refractivity contribution in [3.05, 3.63) is 58.6 Å². The Morgan fingerprint density at radius 1 is 1.19 bits per heavy atom. The van der Waals surface area contributed by atoms with E-state index in [0.717, 1.165) is 26.8 Å². The van der Waals surface area contributed by atoms with Crippen LogP contribution in [0.3, 0.4) is 0 Å². The van der Waals surface area contributed by atoms with Crippen LogP contribution in [0.15, 0.2) is 58.0 Å². The Bertz CT molecular complexity index is 977. The minimum Gasteiger partial charge on any atom is -0.495 e. The standard InChI is InChI=1S/C19H19BrN2O3S2/c1-25-18-5-3-2-4-16(18)22-17-12-27(23,24)11-15(17)21-19(22)26-10-13-6-8-14(20)9-7-13/h2-9,15,17H,10-12H2,1H3. The molecule has 0 saturated carbocycles. The summed E-state index contributed by atoms with van der Waals surface area (Å²) in [6.45, 7) is 0. The van der Waals surface area contributed by atoms with E-state index in [1.54, 1.807) is 18.9 Å². The number of amidine groups is 1. The molecule has 142 valence electrons. The van der Waals surface area contributed by atoms with E-state index in [1.165, 1.54) is 5.56 Å². The molecule has 4 rings (SSSR count). The lowest BCUT2D eigenvalue weighted by molar-refractivity contribution is 0.415. The number of hydrogen-bond donors (Lipinski definition) is 0. The van der Waals surface area contributed by atoms with Crippen molar-refractivity contribution in [1.82, 2.24) is 0 Å². The number of benzene rings is 2. The molecule has 0 spiro atoms. The Labute approximate surface area is 171 Å². The Kier molecular flexibility index (Phi) is 5.22.